The van der Waals surface area contributed by atoms with E-state index in [9.17, 15) is 18.0 Å². The van der Waals surface area contributed by atoms with E-state index in [1.165, 1.54) is 18.2 Å². The van der Waals surface area contributed by atoms with Crippen LogP contribution in [0.3, 0.4) is 0 Å². The molecule has 2 aromatic carbocycles. The molecule has 1 fully saturated rings. The predicted molar refractivity (Wildman–Crippen MR) is 123 cm³/mol. The molecule has 9 nitrogen and oxygen atoms in total. The number of anilines is 1. The number of halogens is 3. The maximum Gasteiger partial charge on any atom is 0.323 e. The maximum atomic E-state index is 13.3. The molecule has 0 radical (unpaired) electrons. The van der Waals surface area contributed by atoms with Gasteiger partial charge < -0.3 is 16.4 Å². The van der Waals surface area contributed by atoms with E-state index >= 15 is 0 Å². The molecule has 1 atom stereocenters. The van der Waals surface area contributed by atoms with Gasteiger partial charge in [-0.1, -0.05) is 34.8 Å². The summed E-state index contributed by atoms with van der Waals surface area (Å²) in [6, 6.07) is 9.54. The van der Waals surface area contributed by atoms with Crippen LogP contribution < -0.4 is 16.4 Å². The summed E-state index contributed by atoms with van der Waals surface area (Å²) >= 11 is 17.7. The van der Waals surface area contributed by atoms with Gasteiger partial charge >= 0.3 is 6.03 Å². The number of sulfonamides is 1. The second-order valence-corrected chi connectivity index (χ2v) is 9.92. The Kier molecular flexibility index (Phi) is 7.86. The zero-order chi connectivity index (χ0) is 23.5. The fraction of sp³-hybridized carbons (Fsp3) is 0.263. The number of carbonyl (C=O) groups excluding carboxylic acids is 2. The summed E-state index contributed by atoms with van der Waals surface area (Å²) in [7, 11) is -4.18. The van der Waals surface area contributed by atoms with E-state index in [-0.39, 0.29) is 41.1 Å². The van der Waals surface area contributed by atoms with E-state index in [2.05, 4.69) is 10.6 Å². The van der Waals surface area contributed by atoms with E-state index in [1.807, 2.05) is 0 Å². The molecule has 1 heterocycles. The largest absolute Gasteiger partial charge is 0.352 e. The molecule has 0 bridgehead atoms. The van der Waals surface area contributed by atoms with E-state index < -0.39 is 28.1 Å². The molecule has 32 heavy (non-hydrogen) atoms. The average molecular weight is 521 g/mol. The van der Waals surface area contributed by atoms with Crippen LogP contribution in [0.25, 0.3) is 0 Å². The SMILES string of the molecule is NCCNC(=O)C1N(C(=O)Nc2ccc(Cl)cc2)CCN1S(=O)(=O)c1ccc(Cl)c(Cl)c1. The lowest BCUT2D eigenvalue weighted by Crippen LogP contribution is -2.55. The summed E-state index contributed by atoms with van der Waals surface area (Å²) in [5.74, 6) is -0.678. The van der Waals surface area contributed by atoms with E-state index in [1.54, 1.807) is 24.3 Å². The normalized spacial score (nSPS) is 16.8. The Bertz CT molecular complexity index is 1110. The van der Waals surface area contributed by atoms with Crippen LogP contribution in [0.1, 0.15) is 0 Å². The Hall–Kier alpha value is -2.08. The zero-order valence-corrected chi connectivity index (χ0v) is 19.7. The molecule has 0 aromatic heterocycles. The van der Waals surface area contributed by atoms with Gasteiger partial charge in [0.25, 0.3) is 5.91 Å². The molecular formula is C19H20Cl3N5O4S. The number of nitrogens with two attached hydrogens (primary N) is 1. The van der Waals surface area contributed by atoms with Crippen molar-refractivity contribution in [3.05, 3.63) is 57.5 Å². The van der Waals surface area contributed by atoms with Crippen molar-refractivity contribution in [2.24, 2.45) is 5.73 Å². The Labute approximate surface area is 200 Å². The highest BCUT2D eigenvalue weighted by Gasteiger charge is 2.46. The Morgan fingerprint density at radius 3 is 2.34 bits per heavy atom. The van der Waals surface area contributed by atoms with Crippen molar-refractivity contribution in [2.45, 2.75) is 11.1 Å². The molecule has 2 aromatic rings. The maximum absolute atomic E-state index is 13.3. The van der Waals surface area contributed by atoms with Crippen molar-refractivity contribution < 1.29 is 18.0 Å². The van der Waals surface area contributed by atoms with Crippen molar-refractivity contribution in [1.82, 2.24) is 14.5 Å². The third-order valence-electron chi connectivity index (χ3n) is 4.66. The lowest BCUT2D eigenvalue weighted by molar-refractivity contribution is -0.127. The summed E-state index contributed by atoms with van der Waals surface area (Å²) in [6.07, 6.45) is -1.42. The topological polar surface area (TPSA) is 125 Å². The highest BCUT2D eigenvalue weighted by atomic mass is 35.5. The average Bonchev–Trinajstić information content (AvgIpc) is 3.22. The molecule has 1 aliphatic heterocycles. The number of nitrogens with zero attached hydrogens (tertiary/aromatic N) is 2. The van der Waals surface area contributed by atoms with Crippen LogP contribution in [0.4, 0.5) is 10.5 Å². The third kappa shape index (κ3) is 5.28. The van der Waals surface area contributed by atoms with Crippen LogP contribution in [0, 0.1) is 0 Å². The fourth-order valence-corrected chi connectivity index (χ4v) is 5.19. The molecule has 3 amide bonds. The van der Waals surface area contributed by atoms with Crippen LogP contribution in [0.5, 0.6) is 0 Å². The number of carbonyl (C=O) groups is 2. The van der Waals surface area contributed by atoms with Gasteiger partial charge in [0, 0.05) is 36.9 Å². The van der Waals surface area contributed by atoms with Crippen molar-refractivity contribution in [3.8, 4) is 0 Å². The number of benzene rings is 2. The fourth-order valence-electron chi connectivity index (χ4n) is 3.13. The summed E-state index contributed by atoms with van der Waals surface area (Å²) < 4.78 is 27.5. The van der Waals surface area contributed by atoms with E-state index in [0.29, 0.717) is 10.7 Å². The predicted octanol–water partition coefficient (Wildman–Crippen LogP) is 2.59. The molecule has 0 aliphatic carbocycles. The molecule has 3 rings (SSSR count). The molecule has 13 heteroatoms. The van der Waals surface area contributed by atoms with Crippen molar-refractivity contribution in [3.63, 3.8) is 0 Å². The Morgan fingerprint density at radius 1 is 1.03 bits per heavy atom. The van der Waals surface area contributed by atoms with Crippen molar-refractivity contribution in [2.75, 3.05) is 31.5 Å². The van der Waals surface area contributed by atoms with Gasteiger partial charge in [-0.15, -0.1) is 0 Å². The number of hydrogen-bond donors (Lipinski definition) is 3. The summed E-state index contributed by atoms with van der Waals surface area (Å²) in [4.78, 5) is 26.8. The number of rotatable bonds is 6. The molecule has 1 unspecified atom stereocenters. The standard InChI is InChI=1S/C19H20Cl3N5O4S/c20-12-1-3-13(4-2-12)25-19(29)26-9-10-27(18(26)17(28)24-8-7-23)32(30,31)14-5-6-15(21)16(22)11-14/h1-6,11,18H,7-10,23H2,(H,24,28)(H,25,29). The van der Waals surface area contributed by atoms with E-state index in [4.69, 9.17) is 40.5 Å². The van der Waals surface area contributed by atoms with Gasteiger partial charge in [0.15, 0.2) is 6.17 Å². The molecule has 0 saturated carbocycles. The van der Waals surface area contributed by atoms with Crippen LogP contribution in [-0.2, 0) is 14.8 Å². The number of amides is 3. The van der Waals surface area contributed by atoms with Crippen molar-refractivity contribution >= 4 is 62.5 Å². The molecule has 1 saturated heterocycles. The van der Waals surface area contributed by atoms with Gasteiger partial charge in [-0.3, -0.25) is 9.69 Å². The number of hydrogen-bond acceptors (Lipinski definition) is 5. The summed E-state index contributed by atoms with van der Waals surface area (Å²) in [6.45, 7) is 0.148. The van der Waals surface area contributed by atoms with Crippen LogP contribution in [0.2, 0.25) is 15.1 Å². The molecule has 1 aliphatic rings. The van der Waals surface area contributed by atoms with Gasteiger partial charge in [-0.05, 0) is 42.5 Å². The van der Waals surface area contributed by atoms with Gasteiger partial charge in [0.1, 0.15) is 0 Å². The van der Waals surface area contributed by atoms with Crippen LogP contribution in [0.15, 0.2) is 47.4 Å². The summed E-state index contributed by atoms with van der Waals surface area (Å²) in [5.41, 5.74) is 5.89. The second kappa shape index (κ2) is 10.2. The number of urea groups is 1. The van der Waals surface area contributed by atoms with Crippen LogP contribution in [-0.4, -0.2) is 61.9 Å². The van der Waals surface area contributed by atoms with E-state index in [0.717, 1.165) is 9.21 Å². The monoisotopic (exact) mass is 519 g/mol. The minimum Gasteiger partial charge on any atom is -0.352 e. The lowest BCUT2D eigenvalue weighted by Gasteiger charge is -2.28. The van der Waals surface area contributed by atoms with Gasteiger partial charge in [0.2, 0.25) is 10.0 Å². The summed E-state index contributed by atoms with van der Waals surface area (Å²) in [5, 5.41) is 5.92. The highest BCUT2D eigenvalue weighted by molar-refractivity contribution is 7.89. The molecule has 172 valence electrons. The highest BCUT2D eigenvalue weighted by Crippen LogP contribution is 2.30. The first-order valence-electron chi connectivity index (χ1n) is 9.43. The number of nitrogens with one attached hydrogen (secondary N) is 2. The first-order valence-corrected chi connectivity index (χ1v) is 12.0. The first kappa shape index (κ1) is 24.6. The van der Waals surface area contributed by atoms with Gasteiger partial charge in [0.05, 0.1) is 14.9 Å². The van der Waals surface area contributed by atoms with Gasteiger partial charge in [-0.2, -0.15) is 4.31 Å². The third-order valence-corrected chi connectivity index (χ3v) is 7.50. The Morgan fingerprint density at radius 2 is 1.72 bits per heavy atom. The minimum absolute atomic E-state index is 0.0132. The Balaban J connectivity index is 1.91. The van der Waals surface area contributed by atoms with Gasteiger partial charge in [-0.25, -0.2) is 13.2 Å². The molecule has 0 spiro atoms. The molecular weight excluding hydrogens is 501 g/mol. The minimum atomic E-state index is -4.18. The van der Waals surface area contributed by atoms with Crippen LogP contribution >= 0.6 is 34.8 Å². The lowest BCUT2D eigenvalue weighted by atomic mass is 10.3. The quantitative estimate of drug-likeness (QED) is 0.540. The second-order valence-electron chi connectivity index (χ2n) is 6.78. The first-order chi connectivity index (χ1) is 15.1. The zero-order valence-electron chi connectivity index (χ0n) is 16.6. The smallest absolute Gasteiger partial charge is 0.323 e. The molecule has 4 N–H and O–H groups in total. The van der Waals surface area contributed by atoms with Crippen molar-refractivity contribution in [1.29, 1.82) is 0 Å².